The molecule has 0 amide bonds. The summed E-state index contributed by atoms with van der Waals surface area (Å²) >= 11 is 0. The topological polar surface area (TPSA) is 33.5 Å². The number of pyridine rings is 1. The van der Waals surface area contributed by atoms with Crippen molar-refractivity contribution in [2.24, 2.45) is 5.41 Å². The van der Waals surface area contributed by atoms with Crippen LogP contribution < -0.4 is 14.5 Å². The third-order valence-electron chi connectivity index (χ3n) is 13.8. The second kappa shape index (κ2) is 18.8. The summed E-state index contributed by atoms with van der Waals surface area (Å²) in [6.07, 6.45) is 4.18. The van der Waals surface area contributed by atoms with Crippen molar-refractivity contribution in [2.45, 2.75) is 92.4 Å². The first-order chi connectivity index (χ1) is 33.3. The molecule has 0 atom stereocenters. The minimum atomic E-state index is -0.370. The number of anilines is 2. The first kappa shape index (κ1) is 49.3. The standard InChI is InChI=1S/C65H63N4O.Pt/c1-62(2,3)49-31-32-66-61(39-49)69-58-30-27-46(44-21-15-12-16-22-44)35-57(58)56-29-28-54(41-59(56)69)70-55-38-51(65(10,11)48-25-19-14-20-26-48)37-52(40-55)67-42-60(64(7,8)9)68(43-67)53-34-47(45-23-17-13-18-24-45)33-50(36-53)63(4,5)6;/h12-39,42-43H,1-11H3;/q-3;. The molecule has 0 unspecified atom stereocenters. The molecule has 71 heavy (non-hydrogen) atoms. The maximum absolute atomic E-state index is 7.02. The smallest absolute Gasteiger partial charge is 0.135 e. The Kier molecular flexibility index (Phi) is 13.1. The van der Waals surface area contributed by atoms with Crippen molar-refractivity contribution in [3.8, 4) is 39.6 Å². The van der Waals surface area contributed by atoms with Crippen LogP contribution >= 0.6 is 0 Å². The molecule has 6 heteroatoms. The van der Waals surface area contributed by atoms with Crippen molar-refractivity contribution in [3.05, 3.63) is 223 Å². The molecule has 0 fully saturated rings. The number of benzene rings is 7. The van der Waals surface area contributed by atoms with Crippen LogP contribution in [0.3, 0.4) is 0 Å². The third kappa shape index (κ3) is 9.87. The zero-order chi connectivity index (χ0) is 49.2. The minimum Gasteiger partial charge on any atom is -0.509 e. The first-order valence-electron chi connectivity index (χ1n) is 24.5. The van der Waals surface area contributed by atoms with Crippen molar-refractivity contribution in [2.75, 3.05) is 9.80 Å². The van der Waals surface area contributed by atoms with Crippen LogP contribution in [0.4, 0.5) is 11.4 Å². The van der Waals surface area contributed by atoms with E-state index in [1.165, 1.54) is 39.1 Å². The van der Waals surface area contributed by atoms with E-state index < -0.39 is 0 Å². The molecule has 0 N–H and O–H groups in total. The molecule has 10 rings (SSSR count). The Labute approximate surface area is 436 Å². The molecule has 1 aliphatic heterocycles. The number of nitrogens with zero attached hydrogens (tertiary/aromatic N) is 4. The van der Waals surface area contributed by atoms with E-state index in [1.54, 1.807) is 0 Å². The normalized spacial score (nSPS) is 13.4. The molecule has 0 saturated heterocycles. The second-order valence-corrected chi connectivity index (χ2v) is 22.4. The molecule has 3 heterocycles. The van der Waals surface area contributed by atoms with Gasteiger partial charge in [-0.25, -0.2) is 4.98 Å². The number of aromatic nitrogens is 2. The Balaban J connectivity index is 0.00000624. The molecular weight excluding hydrogens is 1050 g/mol. The molecule has 0 aliphatic carbocycles. The zero-order valence-electron chi connectivity index (χ0n) is 42.8. The number of hydrogen-bond acceptors (Lipinski definition) is 4. The quantitative estimate of drug-likeness (QED) is 0.135. The molecule has 0 saturated carbocycles. The van der Waals surface area contributed by atoms with Crippen molar-refractivity contribution in [1.82, 2.24) is 9.55 Å². The van der Waals surface area contributed by atoms with Gasteiger partial charge in [0.2, 0.25) is 0 Å². The van der Waals surface area contributed by atoms with Crippen LogP contribution in [-0.2, 0) is 37.3 Å². The number of ether oxygens (including phenoxy) is 1. The Hall–Kier alpha value is -6.68. The SMILES string of the molecule is CC(C)(C)C1=CN(c2[c-]c(Oc3[c-]c4c(cc3)c3cc(-c5ccccc5)ccc3n4-c3cc(C(C)(C)C)ccn3)cc(C(C)(C)c3ccccc3)c2)[CH-]N1c1cc(-c2ccccc2)cc(C(C)(C)C)c1.[Pt]. The maximum Gasteiger partial charge on any atom is 0.135 e. The predicted octanol–water partition coefficient (Wildman–Crippen LogP) is 17.2. The minimum absolute atomic E-state index is 0. The zero-order valence-corrected chi connectivity index (χ0v) is 45.1. The van der Waals surface area contributed by atoms with Gasteiger partial charge in [0.25, 0.3) is 0 Å². The number of rotatable bonds is 9. The number of allylic oxidation sites excluding steroid dienone is 1. The van der Waals surface area contributed by atoms with Gasteiger partial charge in [0, 0.05) is 61.1 Å². The molecule has 1 aliphatic rings. The average molecular weight is 1110 g/mol. The second-order valence-electron chi connectivity index (χ2n) is 22.4. The Morgan fingerprint density at radius 1 is 0.493 bits per heavy atom. The summed E-state index contributed by atoms with van der Waals surface area (Å²) < 4.78 is 9.25. The molecule has 2 aromatic heterocycles. The predicted molar refractivity (Wildman–Crippen MR) is 293 cm³/mol. The van der Waals surface area contributed by atoms with Gasteiger partial charge in [-0.3, -0.25) is 0 Å². The van der Waals surface area contributed by atoms with Crippen LogP contribution in [-0.4, -0.2) is 9.55 Å². The van der Waals surface area contributed by atoms with E-state index in [1.807, 2.05) is 12.3 Å². The summed E-state index contributed by atoms with van der Waals surface area (Å²) in [5.74, 6) is 2.04. The Morgan fingerprint density at radius 2 is 1.14 bits per heavy atom. The molecule has 0 radical (unpaired) electrons. The summed E-state index contributed by atoms with van der Waals surface area (Å²) in [4.78, 5) is 9.55. The van der Waals surface area contributed by atoms with Crippen LogP contribution in [0.25, 0.3) is 49.9 Å². The fourth-order valence-electron chi connectivity index (χ4n) is 9.55. The fourth-order valence-corrected chi connectivity index (χ4v) is 9.55. The van der Waals surface area contributed by atoms with Crippen molar-refractivity contribution in [1.29, 1.82) is 0 Å². The monoisotopic (exact) mass is 1110 g/mol. The van der Waals surface area contributed by atoms with Crippen LogP contribution in [0.5, 0.6) is 11.5 Å². The number of fused-ring (bicyclic) bond motifs is 3. The summed E-state index contributed by atoms with van der Waals surface area (Å²) in [7, 11) is 0. The van der Waals surface area contributed by atoms with Crippen LogP contribution in [0.2, 0.25) is 0 Å². The summed E-state index contributed by atoms with van der Waals surface area (Å²) in [6.45, 7) is 27.2. The van der Waals surface area contributed by atoms with E-state index in [-0.39, 0.29) is 42.7 Å². The molecule has 7 aromatic carbocycles. The van der Waals surface area contributed by atoms with Crippen LogP contribution in [0.15, 0.2) is 182 Å². The van der Waals surface area contributed by atoms with Gasteiger partial charge in [-0.1, -0.05) is 191 Å². The van der Waals surface area contributed by atoms with E-state index in [4.69, 9.17) is 9.72 Å². The van der Waals surface area contributed by atoms with Crippen molar-refractivity contribution < 1.29 is 25.8 Å². The molecular formula is C65H63N4OPt-3. The van der Waals surface area contributed by atoms with E-state index in [9.17, 15) is 0 Å². The molecule has 0 spiro atoms. The van der Waals surface area contributed by atoms with Gasteiger partial charge in [-0.15, -0.1) is 53.6 Å². The van der Waals surface area contributed by atoms with Crippen LogP contribution in [0, 0.1) is 24.2 Å². The summed E-state index contributed by atoms with van der Waals surface area (Å²) in [6, 6.07) is 66.1. The average Bonchev–Trinajstić information content (AvgIpc) is 3.95. The van der Waals surface area contributed by atoms with Crippen LogP contribution in [0.1, 0.15) is 98.4 Å². The largest absolute Gasteiger partial charge is 0.509 e. The number of hydrogen-bond donors (Lipinski definition) is 0. The third-order valence-corrected chi connectivity index (χ3v) is 13.8. The van der Waals surface area contributed by atoms with Gasteiger partial charge in [0.15, 0.2) is 0 Å². The van der Waals surface area contributed by atoms with Gasteiger partial charge in [-0.2, -0.15) is 6.07 Å². The first-order valence-corrected chi connectivity index (χ1v) is 24.5. The van der Waals surface area contributed by atoms with E-state index in [2.05, 4.69) is 273 Å². The molecule has 5 nitrogen and oxygen atoms in total. The van der Waals surface area contributed by atoms with Gasteiger partial charge < -0.3 is 19.1 Å². The van der Waals surface area contributed by atoms with Gasteiger partial charge >= 0.3 is 0 Å². The van der Waals surface area contributed by atoms with Gasteiger partial charge in [0.1, 0.15) is 5.82 Å². The Bertz CT molecular complexity index is 3410. The van der Waals surface area contributed by atoms with E-state index in [0.717, 1.165) is 50.1 Å². The Morgan fingerprint density at radius 3 is 1.79 bits per heavy atom. The van der Waals surface area contributed by atoms with Crippen molar-refractivity contribution in [3.63, 3.8) is 0 Å². The molecule has 0 bridgehead atoms. The summed E-state index contributed by atoms with van der Waals surface area (Å²) in [5.41, 5.74) is 13.9. The fraction of sp³-hybridized carbons (Fsp3) is 0.231. The summed E-state index contributed by atoms with van der Waals surface area (Å²) in [5, 5.41) is 2.20. The van der Waals surface area contributed by atoms with Gasteiger partial charge in [-0.05, 0) is 97.1 Å². The van der Waals surface area contributed by atoms with Gasteiger partial charge in [0.05, 0.1) is 0 Å². The molecule has 9 aromatic rings. The van der Waals surface area contributed by atoms with E-state index in [0.29, 0.717) is 11.5 Å². The maximum atomic E-state index is 7.02. The van der Waals surface area contributed by atoms with E-state index >= 15 is 0 Å². The molecule has 362 valence electrons. The van der Waals surface area contributed by atoms with Crippen molar-refractivity contribution >= 4 is 33.2 Å².